The molecule has 0 spiro atoms. The molecule has 3 aromatic rings. The Morgan fingerprint density at radius 2 is 1.90 bits per heavy atom. The SMILES string of the molecule is COCCn1c(C(C)N(C)C(=O)COc2ccc(Cl)cc2)nc2ccccc2c1=O. The van der Waals surface area contributed by atoms with E-state index in [1.807, 2.05) is 13.0 Å². The quantitative estimate of drug-likeness (QED) is 0.549. The maximum absolute atomic E-state index is 13.0. The van der Waals surface area contributed by atoms with E-state index in [4.69, 9.17) is 21.1 Å². The van der Waals surface area contributed by atoms with Crippen molar-refractivity contribution in [1.29, 1.82) is 0 Å². The molecule has 1 aromatic heterocycles. The van der Waals surface area contributed by atoms with Crippen LogP contribution in [0.1, 0.15) is 18.8 Å². The van der Waals surface area contributed by atoms with E-state index in [2.05, 4.69) is 4.98 Å². The van der Waals surface area contributed by atoms with Crippen LogP contribution in [0.4, 0.5) is 0 Å². The summed E-state index contributed by atoms with van der Waals surface area (Å²) in [7, 11) is 3.24. The van der Waals surface area contributed by atoms with E-state index >= 15 is 0 Å². The van der Waals surface area contributed by atoms with Crippen molar-refractivity contribution in [3.8, 4) is 5.75 Å². The summed E-state index contributed by atoms with van der Waals surface area (Å²) >= 11 is 5.86. The Morgan fingerprint density at radius 1 is 1.20 bits per heavy atom. The lowest BCUT2D eigenvalue weighted by atomic mass is 10.2. The van der Waals surface area contributed by atoms with Gasteiger partial charge in [0, 0.05) is 19.2 Å². The number of ether oxygens (including phenoxy) is 2. The van der Waals surface area contributed by atoms with Crippen molar-refractivity contribution in [3.63, 3.8) is 0 Å². The van der Waals surface area contributed by atoms with Crippen LogP contribution in [-0.2, 0) is 16.1 Å². The number of para-hydroxylation sites is 1. The molecule has 1 atom stereocenters. The largest absolute Gasteiger partial charge is 0.484 e. The van der Waals surface area contributed by atoms with Gasteiger partial charge in [0.1, 0.15) is 11.6 Å². The van der Waals surface area contributed by atoms with Gasteiger partial charge in [-0.1, -0.05) is 23.7 Å². The fourth-order valence-corrected chi connectivity index (χ4v) is 3.20. The summed E-state index contributed by atoms with van der Waals surface area (Å²) in [5.41, 5.74) is 0.439. The molecule has 0 radical (unpaired) electrons. The summed E-state index contributed by atoms with van der Waals surface area (Å²) in [5.74, 6) is 0.811. The zero-order chi connectivity index (χ0) is 21.7. The summed E-state index contributed by atoms with van der Waals surface area (Å²) in [5, 5.41) is 1.13. The van der Waals surface area contributed by atoms with Gasteiger partial charge in [0.2, 0.25) is 0 Å². The average molecular weight is 430 g/mol. The van der Waals surface area contributed by atoms with Gasteiger partial charge in [-0.3, -0.25) is 14.2 Å². The molecule has 0 aliphatic rings. The van der Waals surface area contributed by atoms with E-state index in [9.17, 15) is 9.59 Å². The predicted molar refractivity (Wildman–Crippen MR) is 116 cm³/mol. The van der Waals surface area contributed by atoms with Crippen LogP contribution in [0, 0.1) is 0 Å². The molecule has 0 fully saturated rings. The lowest BCUT2D eigenvalue weighted by Crippen LogP contribution is -2.38. The Bertz CT molecular complexity index is 1080. The van der Waals surface area contributed by atoms with E-state index in [1.165, 1.54) is 4.90 Å². The maximum Gasteiger partial charge on any atom is 0.261 e. The Balaban J connectivity index is 1.84. The number of hydrogen-bond acceptors (Lipinski definition) is 5. The second-order valence-electron chi connectivity index (χ2n) is 6.86. The Hall–Kier alpha value is -2.90. The Morgan fingerprint density at radius 3 is 2.60 bits per heavy atom. The summed E-state index contributed by atoms with van der Waals surface area (Å²) < 4.78 is 12.3. The Kier molecular flexibility index (Phi) is 7.07. The predicted octanol–water partition coefficient (Wildman–Crippen LogP) is 3.29. The Labute approximate surface area is 179 Å². The van der Waals surface area contributed by atoms with Crippen LogP contribution in [0.15, 0.2) is 53.3 Å². The minimum absolute atomic E-state index is 0.141. The molecule has 2 aromatic carbocycles. The van der Waals surface area contributed by atoms with Gasteiger partial charge < -0.3 is 14.4 Å². The van der Waals surface area contributed by atoms with Gasteiger partial charge in [-0.25, -0.2) is 4.98 Å². The minimum atomic E-state index is -0.444. The number of halogens is 1. The molecule has 0 saturated heterocycles. The van der Waals surface area contributed by atoms with Crippen molar-refractivity contribution in [2.24, 2.45) is 0 Å². The number of amides is 1. The smallest absolute Gasteiger partial charge is 0.261 e. The molecule has 0 aliphatic carbocycles. The highest BCUT2D eigenvalue weighted by molar-refractivity contribution is 6.30. The number of methoxy groups -OCH3 is 1. The van der Waals surface area contributed by atoms with E-state index in [0.717, 1.165) is 0 Å². The molecule has 3 rings (SSSR count). The third kappa shape index (κ3) is 4.80. The molecule has 158 valence electrons. The molecule has 1 unspecified atom stereocenters. The number of fused-ring (bicyclic) bond motifs is 1. The molecule has 7 nitrogen and oxygen atoms in total. The second kappa shape index (κ2) is 9.73. The van der Waals surface area contributed by atoms with E-state index in [-0.39, 0.29) is 18.1 Å². The normalized spacial score (nSPS) is 12.0. The number of nitrogens with zero attached hydrogens (tertiary/aromatic N) is 3. The van der Waals surface area contributed by atoms with Crippen molar-refractivity contribution < 1.29 is 14.3 Å². The van der Waals surface area contributed by atoms with E-state index in [0.29, 0.717) is 40.7 Å². The third-order valence-corrected chi connectivity index (χ3v) is 5.19. The van der Waals surface area contributed by atoms with Gasteiger partial charge >= 0.3 is 0 Å². The van der Waals surface area contributed by atoms with Crippen LogP contribution < -0.4 is 10.3 Å². The van der Waals surface area contributed by atoms with Gasteiger partial charge in [0.25, 0.3) is 11.5 Å². The molecular weight excluding hydrogens is 406 g/mol. The molecule has 1 amide bonds. The molecule has 0 saturated carbocycles. The van der Waals surface area contributed by atoms with Crippen LogP contribution >= 0.6 is 11.6 Å². The number of hydrogen-bond donors (Lipinski definition) is 0. The van der Waals surface area contributed by atoms with Crippen LogP contribution in [0.5, 0.6) is 5.75 Å². The van der Waals surface area contributed by atoms with Crippen molar-refractivity contribution in [3.05, 3.63) is 69.7 Å². The van der Waals surface area contributed by atoms with Gasteiger partial charge in [-0.15, -0.1) is 0 Å². The standard InChI is InChI=1S/C22H24ClN3O4/c1-15(25(2)20(27)14-30-17-10-8-16(23)9-11-17)21-24-19-7-5-4-6-18(19)22(28)26(21)12-13-29-3/h4-11,15H,12-14H2,1-3H3. The number of carbonyl (C=O) groups excluding carboxylic acids is 1. The maximum atomic E-state index is 13.0. The summed E-state index contributed by atoms with van der Waals surface area (Å²) in [4.78, 5) is 31.9. The van der Waals surface area contributed by atoms with E-state index < -0.39 is 6.04 Å². The highest BCUT2D eigenvalue weighted by Gasteiger charge is 2.23. The van der Waals surface area contributed by atoms with Crippen molar-refractivity contribution >= 4 is 28.4 Å². The summed E-state index contributed by atoms with van der Waals surface area (Å²) in [6.45, 7) is 2.39. The molecule has 30 heavy (non-hydrogen) atoms. The molecule has 1 heterocycles. The number of rotatable bonds is 8. The van der Waals surface area contributed by atoms with Gasteiger partial charge in [-0.05, 0) is 43.3 Å². The topological polar surface area (TPSA) is 73.7 Å². The molecule has 8 heteroatoms. The third-order valence-electron chi connectivity index (χ3n) is 4.93. The summed E-state index contributed by atoms with van der Waals surface area (Å²) in [6.07, 6.45) is 0. The zero-order valence-electron chi connectivity index (χ0n) is 17.2. The van der Waals surface area contributed by atoms with Crippen LogP contribution in [-0.4, -0.2) is 47.7 Å². The van der Waals surface area contributed by atoms with Crippen molar-refractivity contribution in [1.82, 2.24) is 14.5 Å². The first-order valence-electron chi connectivity index (χ1n) is 9.54. The van der Waals surface area contributed by atoms with Gasteiger partial charge in [-0.2, -0.15) is 0 Å². The highest BCUT2D eigenvalue weighted by Crippen LogP contribution is 2.20. The number of benzene rings is 2. The van der Waals surface area contributed by atoms with Crippen LogP contribution in [0.3, 0.4) is 0 Å². The second-order valence-corrected chi connectivity index (χ2v) is 7.30. The highest BCUT2D eigenvalue weighted by atomic mass is 35.5. The number of carbonyl (C=O) groups is 1. The average Bonchev–Trinajstić information content (AvgIpc) is 2.76. The van der Waals surface area contributed by atoms with Gasteiger partial charge in [0.05, 0.1) is 30.1 Å². The first kappa shape index (κ1) is 21.8. The van der Waals surface area contributed by atoms with Crippen molar-refractivity contribution in [2.45, 2.75) is 19.5 Å². The molecule has 0 aliphatic heterocycles. The van der Waals surface area contributed by atoms with Crippen LogP contribution in [0.25, 0.3) is 10.9 Å². The summed E-state index contributed by atoms with van der Waals surface area (Å²) in [6, 6.07) is 13.5. The lowest BCUT2D eigenvalue weighted by Gasteiger charge is -2.27. The minimum Gasteiger partial charge on any atom is -0.484 e. The molecule has 0 N–H and O–H groups in total. The number of likely N-dealkylation sites (N-methyl/N-ethyl adjacent to an activating group) is 1. The molecular formula is C22H24ClN3O4. The van der Waals surface area contributed by atoms with Gasteiger partial charge in [0.15, 0.2) is 6.61 Å². The van der Waals surface area contributed by atoms with Crippen molar-refractivity contribution in [2.75, 3.05) is 27.4 Å². The van der Waals surface area contributed by atoms with Crippen LogP contribution in [0.2, 0.25) is 5.02 Å². The first-order valence-corrected chi connectivity index (χ1v) is 9.92. The first-order chi connectivity index (χ1) is 14.4. The molecule has 0 bridgehead atoms. The fourth-order valence-electron chi connectivity index (χ4n) is 3.07. The van der Waals surface area contributed by atoms with E-state index in [1.54, 1.807) is 61.2 Å². The fraction of sp³-hybridized carbons (Fsp3) is 0.318. The number of aromatic nitrogens is 2. The monoisotopic (exact) mass is 429 g/mol. The zero-order valence-corrected chi connectivity index (χ0v) is 17.9. The lowest BCUT2D eigenvalue weighted by molar-refractivity contribution is -0.134.